The Balaban J connectivity index is 1.29. The van der Waals surface area contributed by atoms with Gasteiger partial charge in [-0.25, -0.2) is 0 Å². The lowest BCUT2D eigenvalue weighted by Crippen LogP contribution is -2.26. The summed E-state index contributed by atoms with van der Waals surface area (Å²) < 4.78 is 2.55. The average Bonchev–Trinajstić information content (AvgIpc) is 3.80. The Morgan fingerprint density at radius 1 is 0.392 bits per heavy atom. The molecular formula is C50H33N. The second-order valence-corrected chi connectivity index (χ2v) is 14.1. The molecule has 1 heteroatoms. The van der Waals surface area contributed by atoms with Crippen molar-refractivity contribution < 1.29 is 0 Å². The smallest absolute Gasteiger partial charge is 0.0746 e. The summed E-state index contributed by atoms with van der Waals surface area (Å²) >= 11 is 0. The zero-order chi connectivity index (χ0) is 33.7. The van der Waals surface area contributed by atoms with E-state index in [0.29, 0.717) is 0 Å². The van der Waals surface area contributed by atoms with Crippen LogP contribution in [0.1, 0.15) is 27.8 Å². The number of aryl methyl sites for hydroxylation is 1. The van der Waals surface area contributed by atoms with E-state index in [1.807, 2.05) is 0 Å². The maximum atomic E-state index is 2.55. The zero-order valence-corrected chi connectivity index (χ0v) is 28.3. The predicted octanol–water partition coefficient (Wildman–Crippen LogP) is 12.8. The first kappa shape index (κ1) is 28.4. The van der Waals surface area contributed by atoms with Gasteiger partial charge in [-0.1, -0.05) is 163 Å². The summed E-state index contributed by atoms with van der Waals surface area (Å²) in [6.45, 7) is 2.17. The lowest BCUT2D eigenvalue weighted by atomic mass is 9.70. The van der Waals surface area contributed by atoms with Crippen molar-refractivity contribution in [1.29, 1.82) is 0 Å². The first-order chi connectivity index (χ1) is 25.2. The Hall–Kier alpha value is -6.44. The average molecular weight is 648 g/mol. The van der Waals surface area contributed by atoms with Crippen LogP contribution in [0.4, 0.5) is 0 Å². The first-order valence-corrected chi connectivity index (χ1v) is 17.9. The van der Waals surface area contributed by atoms with Crippen LogP contribution in [0.25, 0.3) is 72.0 Å². The van der Waals surface area contributed by atoms with Crippen LogP contribution in [0.5, 0.6) is 0 Å². The minimum absolute atomic E-state index is 0.450. The second kappa shape index (κ2) is 10.5. The molecule has 1 aromatic heterocycles. The number of hydrogen-bond acceptors (Lipinski definition) is 0. The molecule has 0 radical (unpaired) electrons. The number of hydrogen-bond donors (Lipinski definition) is 0. The van der Waals surface area contributed by atoms with Crippen molar-refractivity contribution in [3.05, 3.63) is 210 Å². The molecule has 0 amide bonds. The summed E-state index contributed by atoms with van der Waals surface area (Å²) in [7, 11) is 0. The number of nitrogens with zero attached hydrogens (tertiary/aromatic N) is 1. The van der Waals surface area contributed by atoms with Crippen LogP contribution in [-0.2, 0) is 5.41 Å². The Morgan fingerprint density at radius 2 is 0.941 bits per heavy atom. The van der Waals surface area contributed by atoms with Crippen LogP contribution in [0.15, 0.2) is 182 Å². The minimum Gasteiger partial charge on any atom is -0.309 e. The van der Waals surface area contributed by atoms with Crippen molar-refractivity contribution in [3.63, 3.8) is 0 Å². The fourth-order valence-corrected chi connectivity index (χ4v) is 9.39. The van der Waals surface area contributed by atoms with Crippen molar-refractivity contribution in [2.75, 3.05) is 0 Å². The molecule has 1 spiro atoms. The van der Waals surface area contributed by atoms with Crippen molar-refractivity contribution in [3.8, 4) is 50.2 Å². The van der Waals surface area contributed by atoms with E-state index >= 15 is 0 Å². The maximum absolute atomic E-state index is 2.55. The third-order valence-electron chi connectivity index (χ3n) is 11.5. The van der Waals surface area contributed by atoms with E-state index in [0.717, 1.165) is 5.69 Å². The number of fused-ring (bicyclic) bond motifs is 14. The van der Waals surface area contributed by atoms with Gasteiger partial charge in [0.05, 0.1) is 16.4 Å². The summed E-state index contributed by atoms with van der Waals surface area (Å²) in [5.74, 6) is 0. The predicted molar refractivity (Wildman–Crippen MR) is 213 cm³/mol. The van der Waals surface area contributed by atoms with Crippen LogP contribution in [0, 0.1) is 6.92 Å². The second-order valence-electron chi connectivity index (χ2n) is 14.1. The topological polar surface area (TPSA) is 4.93 Å². The van der Waals surface area contributed by atoms with Crippen molar-refractivity contribution in [2.24, 2.45) is 0 Å². The van der Waals surface area contributed by atoms with Crippen LogP contribution in [0.2, 0.25) is 0 Å². The molecule has 8 aromatic carbocycles. The van der Waals surface area contributed by atoms with E-state index in [4.69, 9.17) is 0 Å². The summed E-state index contributed by atoms with van der Waals surface area (Å²) in [4.78, 5) is 0. The van der Waals surface area contributed by atoms with Crippen molar-refractivity contribution in [2.45, 2.75) is 12.3 Å². The zero-order valence-electron chi connectivity index (χ0n) is 28.3. The van der Waals surface area contributed by atoms with Crippen molar-refractivity contribution >= 4 is 21.8 Å². The molecule has 238 valence electrons. The van der Waals surface area contributed by atoms with Gasteiger partial charge in [0.2, 0.25) is 0 Å². The molecule has 0 saturated carbocycles. The largest absolute Gasteiger partial charge is 0.309 e. The third kappa shape index (κ3) is 3.81. The van der Waals surface area contributed by atoms with E-state index in [2.05, 4.69) is 193 Å². The molecule has 1 nitrogen and oxygen atoms in total. The third-order valence-corrected chi connectivity index (χ3v) is 11.5. The van der Waals surface area contributed by atoms with E-state index in [1.165, 1.54) is 94.1 Å². The minimum atomic E-state index is -0.450. The molecule has 0 aliphatic heterocycles. The van der Waals surface area contributed by atoms with Gasteiger partial charge in [-0.15, -0.1) is 0 Å². The molecular weight excluding hydrogens is 615 g/mol. The van der Waals surface area contributed by atoms with E-state index in [9.17, 15) is 0 Å². The molecule has 0 N–H and O–H groups in total. The van der Waals surface area contributed by atoms with Crippen LogP contribution in [-0.4, -0.2) is 4.57 Å². The number of aromatic nitrogens is 1. The molecule has 11 rings (SSSR count). The monoisotopic (exact) mass is 647 g/mol. The maximum Gasteiger partial charge on any atom is 0.0746 e. The highest BCUT2D eigenvalue weighted by Crippen LogP contribution is 2.64. The van der Waals surface area contributed by atoms with Crippen molar-refractivity contribution in [1.82, 2.24) is 4.57 Å². The Bertz CT molecular complexity index is 2790. The van der Waals surface area contributed by atoms with Gasteiger partial charge in [0.25, 0.3) is 0 Å². The fourth-order valence-electron chi connectivity index (χ4n) is 9.39. The van der Waals surface area contributed by atoms with Gasteiger partial charge in [-0.3, -0.25) is 0 Å². The summed E-state index contributed by atoms with van der Waals surface area (Å²) in [6, 6.07) is 67.8. The Labute approximate surface area is 297 Å². The highest BCUT2D eigenvalue weighted by molar-refractivity contribution is 6.15. The first-order valence-electron chi connectivity index (χ1n) is 17.9. The van der Waals surface area contributed by atoms with Crippen LogP contribution in [0.3, 0.4) is 0 Å². The molecule has 9 aromatic rings. The van der Waals surface area contributed by atoms with E-state index in [-0.39, 0.29) is 0 Å². The van der Waals surface area contributed by atoms with Gasteiger partial charge in [0.15, 0.2) is 0 Å². The molecule has 0 atom stereocenters. The SMILES string of the molecule is Cc1cccc(-c2ccc3c(c2)c2ccc4c(c2n3-c2ccc(-c3ccccc3)cc2)C2(c3ccccc3-c3ccccc32)c2ccccc2-4)c1. The van der Waals surface area contributed by atoms with Crippen LogP contribution < -0.4 is 0 Å². The van der Waals surface area contributed by atoms with Crippen LogP contribution >= 0.6 is 0 Å². The lowest BCUT2D eigenvalue weighted by Gasteiger charge is -2.31. The molecule has 51 heavy (non-hydrogen) atoms. The normalized spacial score (nSPS) is 13.4. The molecule has 0 bridgehead atoms. The van der Waals surface area contributed by atoms with E-state index in [1.54, 1.807) is 0 Å². The lowest BCUT2D eigenvalue weighted by molar-refractivity contribution is 0.797. The summed E-state index contributed by atoms with van der Waals surface area (Å²) in [5.41, 5.74) is 20.1. The molecule has 0 saturated heterocycles. The number of rotatable bonds is 3. The summed E-state index contributed by atoms with van der Waals surface area (Å²) in [5, 5.41) is 2.55. The van der Waals surface area contributed by atoms with E-state index < -0.39 is 5.41 Å². The van der Waals surface area contributed by atoms with Gasteiger partial charge >= 0.3 is 0 Å². The fraction of sp³-hybridized carbons (Fsp3) is 0.0400. The van der Waals surface area contributed by atoms with Gasteiger partial charge in [-0.2, -0.15) is 0 Å². The quantitative estimate of drug-likeness (QED) is 0.180. The van der Waals surface area contributed by atoms with Gasteiger partial charge in [0, 0.05) is 22.0 Å². The highest BCUT2D eigenvalue weighted by Gasteiger charge is 2.53. The number of benzene rings is 8. The molecule has 0 unspecified atom stereocenters. The standard InChI is InChI=1S/C50H33N/c1-32-12-11-15-35(30-32)36-24-29-47-43(31-36)42-28-27-41-40-18-7-10-21-46(40)50(44-19-8-5-16-38(44)39-17-6-9-20-45(39)50)48(41)49(42)51(47)37-25-22-34(23-26-37)33-13-3-2-4-14-33/h2-31H,1H3. The summed E-state index contributed by atoms with van der Waals surface area (Å²) in [6.07, 6.45) is 0. The molecule has 2 aliphatic rings. The Morgan fingerprint density at radius 3 is 1.61 bits per heavy atom. The Kier molecular flexibility index (Phi) is 5.86. The van der Waals surface area contributed by atoms with Gasteiger partial charge in [-0.05, 0) is 92.4 Å². The van der Waals surface area contributed by atoms with Gasteiger partial charge < -0.3 is 4.57 Å². The molecule has 0 fully saturated rings. The molecule has 1 heterocycles. The van der Waals surface area contributed by atoms with Gasteiger partial charge in [0.1, 0.15) is 0 Å². The molecule has 2 aliphatic carbocycles. The highest BCUT2D eigenvalue weighted by atomic mass is 15.0.